The molecule has 340 valence electrons. The molecule has 0 spiro atoms. The molecule has 0 aromatic heterocycles. The minimum absolute atomic E-state index is 0.122. The second-order valence-electron chi connectivity index (χ2n) is 15.0. The number of ether oxygens (including phenoxy) is 3. The Labute approximate surface area is 373 Å². The summed E-state index contributed by atoms with van der Waals surface area (Å²) in [4.78, 5) is 37.9. The summed E-state index contributed by atoms with van der Waals surface area (Å²) in [6.45, 7) is 6.15. The van der Waals surface area contributed by atoms with E-state index in [0.717, 1.165) is 135 Å². The van der Waals surface area contributed by atoms with Crippen molar-refractivity contribution in [2.75, 3.05) is 13.2 Å². The standard InChI is InChI=1S/C55H84O6/c1-4-7-10-13-16-19-22-25-27-28-31-33-36-39-42-45-48-54(57)60-51-52(50-59-53(56)47-44-41-38-35-32-29-24-21-18-15-12-9-6-3)61-55(58)49-46-43-40-37-34-30-26-23-20-17-14-11-8-5-2/h7-12,15-21,24-27,29-33,52H,4-6,13-14,22-23,28,34-51H2,1-3H3/b10-7+,11-8+,12-9+,18-15+,19-16+,20-17+,24-21+,27-25+,30-26+,32-29+,33-31+. The van der Waals surface area contributed by atoms with Crippen molar-refractivity contribution in [3.05, 3.63) is 134 Å². The van der Waals surface area contributed by atoms with Crippen LogP contribution in [0, 0.1) is 0 Å². The van der Waals surface area contributed by atoms with E-state index in [1.165, 1.54) is 0 Å². The number of unbranched alkanes of at least 4 members (excludes halogenated alkanes) is 10. The minimum atomic E-state index is -0.823. The van der Waals surface area contributed by atoms with E-state index < -0.39 is 6.10 Å². The number of carbonyl (C=O) groups excluding carboxylic acids is 3. The maximum atomic E-state index is 12.8. The van der Waals surface area contributed by atoms with E-state index in [4.69, 9.17) is 14.2 Å². The molecule has 0 rings (SSSR count). The predicted molar refractivity (Wildman–Crippen MR) is 260 cm³/mol. The fraction of sp³-hybridized carbons (Fsp3) is 0.545. The van der Waals surface area contributed by atoms with Gasteiger partial charge in [-0.1, -0.05) is 180 Å². The fourth-order valence-corrected chi connectivity index (χ4v) is 5.75. The summed E-state index contributed by atoms with van der Waals surface area (Å²) < 4.78 is 16.7. The highest BCUT2D eigenvalue weighted by Crippen LogP contribution is 2.11. The quantitative estimate of drug-likeness (QED) is 0.0201. The van der Waals surface area contributed by atoms with Crippen molar-refractivity contribution < 1.29 is 28.6 Å². The Bertz CT molecular complexity index is 1380. The Morgan fingerprint density at radius 3 is 1.11 bits per heavy atom. The molecule has 0 aromatic rings. The Morgan fingerprint density at radius 2 is 0.672 bits per heavy atom. The fourth-order valence-electron chi connectivity index (χ4n) is 5.75. The van der Waals surface area contributed by atoms with Gasteiger partial charge in [-0.2, -0.15) is 0 Å². The minimum Gasteiger partial charge on any atom is -0.462 e. The number of allylic oxidation sites excluding steroid dienone is 22. The Morgan fingerprint density at radius 1 is 0.344 bits per heavy atom. The van der Waals surface area contributed by atoms with Gasteiger partial charge in [-0.3, -0.25) is 14.4 Å². The summed E-state index contributed by atoms with van der Waals surface area (Å²) >= 11 is 0. The summed E-state index contributed by atoms with van der Waals surface area (Å²) in [7, 11) is 0. The average Bonchev–Trinajstić information content (AvgIpc) is 3.26. The summed E-state index contributed by atoms with van der Waals surface area (Å²) in [5.74, 6) is -1.03. The Balaban J connectivity index is 4.57. The van der Waals surface area contributed by atoms with Gasteiger partial charge in [0.25, 0.3) is 0 Å². The molecule has 0 aliphatic rings. The van der Waals surface area contributed by atoms with Crippen LogP contribution in [0.2, 0.25) is 0 Å². The molecule has 0 aliphatic heterocycles. The largest absolute Gasteiger partial charge is 0.462 e. The second-order valence-corrected chi connectivity index (χ2v) is 15.0. The first-order chi connectivity index (χ1) is 30.0. The van der Waals surface area contributed by atoms with Crippen LogP contribution in [0.5, 0.6) is 0 Å². The van der Waals surface area contributed by atoms with Crippen molar-refractivity contribution in [3.63, 3.8) is 0 Å². The molecule has 0 saturated carbocycles. The van der Waals surface area contributed by atoms with Gasteiger partial charge >= 0.3 is 17.9 Å². The molecule has 1 unspecified atom stereocenters. The number of carbonyl (C=O) groups is 3. The molecule has 0 N–H and O–H groups in total. The van der Waals surface area contributed by atoms with E-state index in [1.54, 1.807) is 0 Å². The molecule has 6 heteroatoms. The van der Waals surface area contributed by atoms with E-state index in [1.807, 2.05) is 36.5 Å². The van der Waals surface area contributed by atoms with Crippen molar-refractivity contribution >= 4 is 17.9 Å². The highest BCUT2D eigenvalue weighted by Gasteiger charge is 2.19. The summed E-state index contributed by atoms with van der Waals surface area (Å²) in [6.07, 6.45) is 67.2. The molecular formula is C55H84O6. The molecule has 0 fully saturated rings. The van der Waals surface area contributed by atoms with E-state index in [2.05, 4.69) is 118 Å². The zero-order valence-corrected chi connectivity index (χ0v) is 38.6. The lowest BCUT2D eigenvalue weighted by atomic mass is 10.1. The van der Waals surface area contributed by atoms with Gasteiger partial charge in [0.1, 0.15) is 13.2 Å². The van der Waals surface area contributed by atoms with Gasteiger partial charge in [0.15, 0.2) is 6.10 Å². The van der Waals surface area contributed by atoms with Gasteiger partial charge in [-0.05, 0) is 109 Å². The molecule has 6 nitrogen and oxygen atoms in total. The lowest BCUT2D eigenvalue weighted by Gasteiger charge is -2.18. The van der Waals surface area contributed by atoms with Crippen LogP contribution in [-0.2, 0) is 28.6 Å². The Kier molecular flexibility index (Phi) is 44.7. The number of rotatable bonds is 40. The van der Waals surface area contributed by atoms with Gasteiger partial charge in [0, 0.05) is 19.3 Å². The molecule has 0 radical (unpaired) electrons. The van der Waals surface area contributed by atoms with Gasteiger partial charge in [-0.15, -0.1) is 0 Å². The topological polar surface area (TPSA) is 78.9 Å². The molecule has 0 aromatic carbocycles. The van der Waals surface area contributed by atoms with Crippen LogP contribution in [0.15, 0.2) is 134 Å². The van der Waals surface area contributed by atoms with E-state index in [0.29, 0.717) is 12.8 Å². The van der Waals surface area contributed by atoms with Gasteiger partial charge in [0.05, 0.1) is 0 Å². The molecule has 1 atom stereocenters. The van der Waals surface area contributed by atoms with Crippen molar-refractivity contribution in [2.45, 2.75) is 181 Å². The maximum Gasteiger partial charge on any atom is 0.306 e. The van der Waals surface area contributed by atoms with E-state index in [9.17, 15) is 14.4 Å². The average molecular weight is 841 g/mol. The number of esters is 3. The first-order valence-corrected chi connectivity index (χ1v) is 23.7. The molecular weight excluding hydrogens is 757 g/mol. The molecule has 61 heavy (non-hydrogen) atoms. The lowest BCUT2D eigenvalue weighted by Crippen LogP contribution is -2.30. The molecule has 0 heterocycles. The van der Waals surface area contributed by atoms with Crippen molar-refractivity contribution in [1.29, 1.82) is 0 Å². The smallest absolute Gasteiger partial charge is 0.306 e. The highest BCUT2D eigenvalue weighted by molar-refractivity contribution is 5.71. The zero-order valence-electron chi connectivity index (χ0n) is 38.6. The van der Waals surface area contributed by atoms with Gasteiger partial charge in [0.2, 0.25) is 0 Å². The lowest BCUT2D eigenvalue weighted by molar-refractivity contribution is -0.167. The zero-order chi connectivity index (χ0) is 44.4. The van der Waals surface area contributed by atoms with Crippen molar-refractivity contribution in [2.24, 2.45) is 0 Å². The first kappa shape index (κ1) is 56.5. The first-order valence-electron chi connectivity index (χ1n) is 23.7. The maximum absolute atomic E-state index is 12.8. The van der Waals surface area contributed by atoms with Crippen LogP contribution in [0.25, 0.3) is 0 Å². The molecule has 0 aliphatic carbocycles. The molecule has 0 bridgehead atoms. The molecule has 0 saturated heterocycles. The van der Waals surface area contributed by atoms with E-state index >= 15 is 0 Å². The van der Waals surface area contributed by atoms with Crippen LogP contribution in [0.1, 0.15) is 175 Å². The third kappa shape index (κ3) is 46.5. The van der Waals surface area contributed by atoms with Crippen LogP contribution in [-0.4, -0.2) is 37.2 Å². The van der Waals surface area contributed by atoms with Crippen LogP contribution < -0.4 is 0 Å². The van der Waals surface area contributed by atoms with Crippen LogP contribution >= 0.6 is 0 Å². The predicted octanol–water partition coefficient (Wildman–Crippen LogP) is 15.5. The van der Waals surface area contributed by atoms with Crippen LogP contribution in [0.3, 0.4) is 0 Å². The third-order valence-corrected chi connectivity index (χ3v) is 9.23. The van der Waals surface area contributed by atoms with Gasteiger partial charge in [-0.25, -0.2) is 0 Å². The monoisotopic (exact) mass is 841 g/mol. The number of hydrogen-bond donors (Lipinski definition) is 0. The SMILES string of the molecule is CC/C=C/C=C/C=C/C=C/CCCCCC(=O)OCC(COC(=O)CCCCC/C=C/C/C=C/C/C=C/C/C=C/CC)OC(=O)CCCCCC/C=C/C/C=C/C/C=C/CC. The summed E-state index contributed by atoms with van der Waals surface area (Å²) in [6, 6.07) is 0. The third-order valence-electron chi connectivity index (χ3n) is 9.23. The summed E-state index contributed by atoms with van der Waals surface area (Å²) in [5, 5.41) is 0. The summed E-state index contributed by atoms with van der Waals surface area (Å²) in [5.41, 5.74) is 0. The Hall–Kier alpha value is -4.45. The highest BCUT2D eigenvalue weighted by atomic mass is 16.6. The number of hydrogen-bond acceptors (Lipinski definition) is 6. The van der Waals surface area contributed by atoms with Crippen LogP contribution in [0.4, 0.5) is 0 Å². The van der Waals surface area contributed by atoms with Crippen molar-refractivity contribution in [1.82, 2.24) is 0 Å². The van der Waals surface area contributed by atoms with E-state index in [-0.39, 0.29) is 37.5 Å². The second kappa shape index (κ2) is 48.2. The van der Waals surface area contributed by atoms with Crippen molar-refractivity contribution in [3.8, 4) is 0 Å². The van der Waals surface area contributed by atoms with Gasteiger partial charge < -0.3 is 14.2 Å². The normalized spacial score (nSPS) is 13.3. The molecule has 0 amide bonds.